The number of aryl methyl sites for hydroxylation is 1. The standard InChI is InChI=1S/C21H30N2/c1-5-19-10-9-11-20(16-19)17-23(15-14-22(3)4)18(2)21-12-7-6-8-13-21/h6-13,16,18H,5,14-15,17H2,1-4H3/t18-/m1/s1. The number of likely N-dealkylation sites (N-methyl/N-ethyl adjacent to an activating group) is 1. The number of benzene rings is 2. The molecule has 0 radical (unpaired) electrons. The van der Waals surface area contributed by atoms with Crippen molar-refractivity contribution >= 4 is 0 Å². The van der Waals surface area contributed by atoms with E-state index in [0.29, 0.717) is 6.04 Å². The Morgan fingerprint density at radius 1 is 0.870 bits per heavy atom. The summed E-state index contributed by atoms with van der Waals surface area (Å²) in [4.78, 5) is 4.83. The fraction of sp³-hybridized carbons (Fsp3) is 0.429. The molecule has 23 heavy (non-hydrogen) atoms. The Labute approximate surface area is 141 Å². The van der Waals surface area contributed by atoms with Crippen LogP contribution in [0, 0.1) is 0 Å². The van der Waals surface area contributed by atoms with Gasteiger partial charge in [0.15, 0.2) is 0 Å². The Morgan fingerprint density at radius 3 is 2.22 bits per heavy atom. The van der Waals surface area contributed by atoms with Crippen LogP contribution in [0.5, 0.6) is 0 Å². The van der Waals surface area contributed by atoms with Gasteiger partial charge in [-0.15, -0.1) is 0 Å². The maximum absolute atomic E-state index is 2.57. The molecule has 0 saturated heterocycles. The van der Waals surface area contributed by atoms with Gasteiger partial charge in [0.05, 0.1) is 0 Å². The average Bonchev–Trinajstić information content (AvgIpc) is 2.58. The van der Waals surface area contributed by atoms with Crippen molar-refractivity contribution in [3.8, 4) is 0 Å². The van der Waals surface area contributed by atoms with Crippen molar-refractivity contribution in [3.63, 3.8) is 0 Å². The quantitative estimate of drug-likeness (QED) is 0.714. The van der Waals surface area contributed by atoms with Gasteiger partial charge < -0.3 is 4.90 Å². The molecule has 0 aliphatic heterocycles. The largest absolute Gasteiger partial charge is 0.308 e. The molecule has 0 N–H and O–H groups in total. The molecule has 1 atom stereocenters. The molecule has 2 aromatic carbocycles. The Morgan fingerprint density at radius 2 is 1.57 bits per heavy atom. The Balaban J connectivity index is 2.15. The highest BCUT2D eigenvalue weighted by Gasteiger charge is 2.16. The lowest BCUT2D eigenvalue weighted by Crippen LogP contribution is -2.33. The number of hydrogen-bond acceptors (Lipinski definition) is 2. The van der Waals surface area contributed by atoms with Gasteiger partial charge in [-0.05, 0) is 44.1 Å². The van der Waals surface area contributed by atoms with Crippen molar-refractivity contribution in [1.82, 2.24) is 9.80 Å². The molecule has 2 heteroatoms. The first-order valence-electron chi connectivity index (χ1n) is 8.61. The fourth-order valence-corrected chi connectivity index (χ4v) is 2.86. The van der Waals surface area contributed by atoms with E-state index in [1.165, 1.54) is 16.7 Å². The lowest BCUT2D eigenvalue weighted by molar-refractivity contribution is 0.181. The summed E-state index contributed by atoms with van der Waals surface area (Å²) < 4.78 is 0. The van der Waals surface area contributed by atoms with E-state index in [4.69, 9.17) is 0 Å². The third-order valence-electron chi connectivity index (χ3n) is 4.45. The second-order valence-corrected chi connectivity index (χ2v) is 6.53. The summed E-state index contributed by atoms with van der Waals surface area (Å²) >= 11 is 0. The molecule has 2 nitrogen and oxygen atoms in total. The van der Waals surface area contributed by atoms with Crippen LogP contribution in [0.3, 0.4) is 0 Å². The molecular formula is C21H30N2. The first kappa shape index (κ1) is 17.7. The van der Waals surface area contributed by atoms with Crippen molar-refractivity contribution < 1.29 is 0 Å². The van der Waals surface area contributed by atoms with Crippen LogP contribution in [0.2, 0.25) is 0 Å². The van der Waals surface area contributed by atoms with E-state index in [1.807, 2.05) is 0 Å². The zero-order valence-corrected chi connectivity index (χ0v) is 15.0. The molecule has 0 aliphatic rings. The SMILES string of the molecule is CCc1cccc(CN(CCN(C)C)[C@H](C)c2ccccc2)c1. The maximum Gasteiger partial charge on any atom is 0.0323 e. The summed E-state index contributed by atoms with van der Waals surface area (Å²) in [7, 11) is 4.28. The van der Waals surface area contributed by atoms with E-state index in [-0.39, 0.29) is 0 Å². The summed E-state index contributed by atoms with van der Waals surface area (Å²) in [6.45, 7) is 7.67. The topological polar surface area (TPSA) is 6.48 Å². The number of hydrogen-bond donors (Lipinski definition) is 0. The van der Waals surface area contributed by atoms with Gasteiger partial charge in [0, 0.05) is 25.7 Å². The van der Waals surface area contributed by atoms with Crippen molar-refractivity contribution in [3.05, 3.63) is 71.3 Å². The summed E-state index contributed by atoms with van der Waals surface area (Å²) in [5, 5.41) is 0. The highest BCUT2D eigenvalue weighted by atomic mass is 15.2. The minimum atomic E-state index is 0.418. The molecule has 0 amide bonds. The van der Waals surface area contributed by atoms with Crippen LogP contribution in [0.15, 0.2) is 54.6 Å². The molecule has 0 spiro atoms. The normalized spacial score (nSPS) is 12.8. The van der Waals surface area contributed by atoms with E-state index in [1.54, 1.807) is 0 Å². The van der Waals surface area contributed by atoms with Gasteiger partial charge in [0.25, 0.3) is 0 Å². The van der Waals surface area contributed by atoms with E-state index >= 15 is 0 Å². The van der Waals surface area contributed by atoms with E-state index in [0.717, 1.165) is 26.1 Å². The second-order valence-electron chi connectivity index (χ2n) is 6.53. The van der Waals surface area contributed by atoms with Gasteiger partial charge in [-0.3, -0.25) is 4.90 Å². The second kappa shape index (κ2) is 8.85. The predicted molar refractivity (Wildman–Crippen MR) is 99.6 cm³/mol. The minimum absolute atomic E-state index is 0.418. The average molecular weight is 310 g/mol. The molecule has 2 aromatic rings. The highest BCUT2D eigenvalue weighted by Crippen LogP contribution is 2.22. The van der Waals surface area contributed by atoms with E-state index in [9.17, 15) is 0 Å². The molecular weight excluding hydrogens is 280 g/mol. The van der Waals surface area contributed by atoms with Crippen LogP contribution in [0.1, 0.15) is 36.6 Å². The summed E-state index contributed by atoms with van der Waals surface area (Å²) in [6.07, 6.45) is 1.10. The molecule has 0 aliphatic carbocycles. The third kappa shape index (κ3) is 5.49. The van der Waals surface area contributed by atoms with Crippen molar-refractivity contribution in [2.24, 2.45) is 0 Å². The van der Waals surface area contributed by atoms with Gasteiger partial charge in [-0.2, -0.15) is 0 Å². The van der Waals surface area contributed by atoms with Crippen LogP contribution < -0.4 is 0 Å². The Hall–Kier alpha value is -1.64. The summed E-state index contributed by atoms with van der Waals surface area (Å²) in [6, 6.07) is 20.2. The van der Waals surface area contributed by atoms with Gasteiger partial charge in [0.1, 0.15) is 0 Å². The fourth-order valence-electron chi connectivity index (χ4n) is 2.86. The van der Waals surface area contributed by atoms with E-state index in [2.05, 4.69) is 92.3 Å². The summed E-state index contributed by atoms with van der Waals surface area (Å²) in [5.41, 5.74) is 4.21. The molecule has 124 valence electrons. The predicted octanol–water partition coefficient (Wildman–Crippen LogP) is 4.37. The molecule has 0 bridgehead atoms. The molecule has 0 heterocycles. The van der Waals surface area contributed by atoms with Gasteiger partial charge in [-0.1, -0.05) is 61.5 Å². The molecule has 0 fully saturated rings. The van der Waals surface area contributed by atoms with E-state index < -0.39 is 0 Å². The van der Waals surface area contributed by atoms with Gasteiger partial charge >= 0.3 is 0 Å². The first-order chi connectivity index (χ1) is 11.1. The maximum atomic E-state index is 2.57. The molecule has 0 aromatic heterocycles. The van der Waals surface area contributed by atoms with Crippen LogP contribution >= 0.6 is 0 Å². The monoisotopic (exact) mass is 310 g/mol. The van der Waals surface area contributed by atoms with Crippen LogP contribution in [-0.2, 0) is 13.0 Å². The first-order valence-corrected chi connectivity index (χ1v) is 8.61. The molecule has 2 rings (SSSR count). The lowest BCUT2D eigenvalue weighted by Gasteiger charge is -2.31. The van der Waals surface area contributed by atoms with Gasteiger partial charge in [0.2, 0.25) is 0 Å². The zero-order chi connectivity index (χ0) is 16.7. The molecule has 0 unspecified atom stereocenters. The van der Waals surface area contributed by atoms with Gasteiger partial charge in [-0.25, -0.2) is 0 Å². The lowest BCUT2D eigenvalue weighted by atomic mass is 10.0. The third-order valence-corrected chi connectivity index (χ3v) is 4.45. The van der Waals surface area contributed by atoms with Crippen molar-refractivity contribution in [2.45, 2.75) is 32.9 Å². The van der Waals surface area contributed by atoms with Crippen molar-refractivity contribution in [1.29, 1.82) is 0 Å². The Kier molecular flexibility index (Phi) is 6.82. The number of rotatable bonds is 8. The van der Waals surface area contributed by atoms with Crippen LogP contribution in [0.25, 0.3) is 0 Å². The smallest absolute Gasteiger partial charge is 0.0323 e. The van der Waals surface area contributed by atoms with Crippen LogP contribution in [-0.4, -0.2) is 37.0 Å². The Bertz CT molecular complexity index is 577. The summed E-state index contributed by atoms with van der Waals surface area (Å²) in [5.74, 6) is 0. The molecule has 0 saturated carbocycles. The minimum Gasteiger partial charge on any atom is -0.308 e. The highest BCUT2D eigenvalue weighted by molar-refractivity contribution is 5.24. The van der Waals surface area contributed by atoms with Crippen molar-refractivity contribution in [2.75, 3.05) is 27.2 Å². The zero-order valence-electron chi connectivity index (χ0n) is 15.0. The van der Waals surface area contributed by atoms with Crippen LogP contribution in [0.4, 0.5) is 0 Å². The number of nitrogens with zero attached hydrogens (tertiary/aromatic N) is 2.